The Balaban J connectivity index is 1.78. The van der Waals surface area contributed by atoms with Crippen LogP contribution in [0.4, 0.5) is 11.4 Å². The minimum absolute atomic E-state index is 0.0171. The average molecular weight is 436 g/mol. The first-order valence-electron chi connectivity index (χ1n) is 9.38. The lowest BCUT2D eigenvalue weighted by Gasteiger charge is -2.20. The van der Waals surface area contributed by atoms with Crippen LogP contribution in [-0.2, 0) is 10.0 Å². The summed E-state index contributed by atoms with van der Waals surface area (Å²) in [5.41, 5.74) is 2.28. The molecule has 0 aliphatic carbocycles. The van der Waals surface area contributed by atoms with Crippen LogP contribution in [0.3, 0.4) is 0 Å². The Hall–Kier alpha value is -3.83. The molecule has 31 heavy (non-hydrogen) atoms. The van der Waals surface area contributed by atoms with Crippen LogP contribution in [0.15, 0.2) is 77.7 Å². The van der Waals surface area contributed by atoms with Gasteiger partial charge in [-0.3, -0.25) is 9.10 Å². The van der Waals surface area contributed by atoms with Crippen molar-refractivity contribution in [2.75, 3.05) is 23.3 Å². The van der Waals surface area contributed by atoms with Crippen molar-refractivity contribution in [3.63, 3.8) is 0 Å². The van der Waals surface area contributed by atoms with Crippen molar-refractivity contribution in [1.29, 1.82) is 5.26 Å². The largest absolute Gasteiger partial charge is 0.479 e. The molecule has 3 aromatic carbocycles. The molecule has 1 amide bonds. The van der Waals surface area contributed by atoms with Crippen LogP contribution >= 0.6 is 0 Å². The number of nitrogens with zero attached hydrogens (tertiary/aromatic N) is 2. The lowest BCUT2D eigenvalue weighted by atomic mass is 10.2. The van der Waals surface area contributed by atoms with E-state index in [4.69, 9.17) is 10.00 Å². The molecule has 0 saturated carbocycles. The number of anilines is 2. The molecule has 0 aliphatic rings. The Morgan fingerprint density at radius 1 is 1.06 bits per heavy atom. The van der Waals surface area contributed by atoms with Gasteiger partial charge in [0, 0.05) is 18.3 Å². The maximum atomic E-state index is 13.0. The quantitative estimate of drug-likeness (QED) is 0.605. The number of nitriles is 1. The van der Waals surface area contributed by atoms with Crippen LogP contribution < -0.4 is 14.4 Å². The van der Waals surface area contributed by atoms with Crippen molar-refractivity contribution in [2.45, 2.75) is 11.8 Å². The standard InChI is InChI=1S/C23H21N3O4S/c1-17-6-10-20(11-7-17)26(2)31(28,29)22-5-3-4-18(16-22)23(27)25-19-8-12-21(13-9-19)30-15-14-24/h3-13,16H,15H2,1-2H3,(H,25,27). The van der Waals surface area contributed by atoms with Crippen LogP contribution in [0.1, 0.15) is 15.9 Å². The number of benzene rings is 3. The number of hydrogen-bond acceptors (Lipinski definition) is 5. The predicted molar refractivity (Wildman–Crippen MR) is 119 cm³/mol. The summed E-state index contributed by atoms with van der Waals surface area (Å²) in [5, 5.41) is 11.3. The van der Waals surface area contributed by atoms with Gasteiger partial charge in [0.05, 0.1) is 10.6 Å². The number of sulfonamides is 1. The normalized spacial score (nSPS) is 10.7. The van der Waals surface area contributed by atoms with Gasteiger partial charge in [-0.25, -0.2) is 8.42 Å². The van der Waals surface area contributed by atoms with Gasteiger partial charge in [0.1, 0.15) is 11.8 Å². The second-order valence-corrected chi connectivity index (χ2v) is 8.73. The summed E-state index contributed by atoms with van der Waals surface area (Å²) < 4.78 is 32.4. The molecule has 0 aliphatic heterocycles. The average Bonchev–Trinajstić information content (AvgIpc) is 2.78. The van der Waals surface area contributed by atoms with Gasteiger partial charge >= 0.3 is 0 Å². The summed E-state index contributed by atoms with van der Waals surface area (Å²) in [6.07, 6.45) is 0. The highest BCUT2D eigenvalue weighted by Crippen LogP contribution is 2.23. The molecule has 0 radical (unpaired) electrons. The van der Waals surface area contributed by atoms with Crippen molar-refractivity contribution in [1.82, 2.24) is 0 Å². The lowest BCUT2D eigenvalue weighted by molar-refractivity contribution is 0.102. The predicted octanol–water partition coefficient (Wildman–Crippen LogP) is 3.97. The number of ether oxygens (including phenoxy) is 1. The Morgan fingerprint density at radius 2 is 1.74 bits per heavy atom. The third-order valence-electron chi connectivity index (χ3n) is 4.57. The van der Waals surface area contributed by atoms with Gasteiger partial charge in [-0.2, -0.15) is 5.26 Å². The molecule has 0 atom stereocenters. The lowest BCUT2D eigenvalue weighted by Crippen LogP contribution is -2.26. The second-order valence-electron chi connectivity index (χ2n) is 6.76. The van der Waals surface area contributed by atoms with E-state index in [0.717, 1.165) is 5.56 Å². The van der Waals surface area contributed by atoms with Crippen molar-refractivity contribution in [3.05, 3.63) is 83.9 Å². The van der Waals surface area contributed by atoms with Crippen molar-refractivity contribution in [2.24, 2.45) is 0 Å². The highest BCUT2D eigenvalue weighted by Gasteiger charge is 2.22. The molecular formula is C23H21N3O4S. The van der Waals surface area contributed by atoms with Crippen molar-refractivity contribution >= 4 is 27.3 Å². The van der Waals surface area contributed by atoms with Crippen LogP contribution in [0.5, 0.6) is 5.75 Å². The van der Waals surface area contributed by atoms with Crippen LogP contribution in [-0.4, -0.2) is 28.0 Å². The van der Waals surface area contributed by atoms with Gasteiger partial charge in [0.15, 0.2) is 6.61 Å². The summed E-state index contributed by atoms with van der Waals surface area (Å²) in [7, 11) is -2.36. The zero-order valence-corrected chi connectivity index (χ0v) is 17.9. The van der Waals surface area contributed by atoms with Gasteiger partial charge in [-0.1, -0.05) is 23.8 Å². The van der Waals surface area contributed by atoms with E-state index in [0.29, 0.717) is 17.1 Å². The fourth-order valence-electron chi connectivity index (χ4n) is 2.80. The summed E-state index contributed by atoms with van der Waals surface area (Å²) in [4.78, 5) is 12.7. The van der Waals surface area contributed by atoms with E-state index < -0.39 is 15.9 Å². The summed E-state index contributed by atoms with van der Waals surface area (Å²) >= 11 is 0. The minimum atomic E-state index is -3.84. The van der Waals surface area contributed by atoms with Gasteiger partial charge in [-0.05, 0) is 61.5 Å². The van der Waals surface area contributed by atoms with Gasteiger partial charge in [0.25, 0.3) is 15.9 Å². The van der Waals surface area contributed by atoms with E-state index in [2.05, 4.69) is 5.32 Å². The molecule has 0 spiro atoms. The van der Waals surface area contributed by atoms with Gasteiger partial charge in [0.2, 0.25) is 0 Å². The second kappa shape index (κ2) is 9.32. The molecule has 0 saturated heterocycles. The van der Waals surface area contributed by atoms with Gasteiger partial charge in [-0.15, -0.1) is 0 Å². The van der Waals surface area contributed by atoms with Crippen molar-refractivity contribution < 1.29 is 17.9 Å². The third-order valence-corrected chi connectivity index (χ3v) is 6.35. The molecule has 0 fully saturated rings. The molecular weight excluding hydrogens is 414 g/mol. The maximum absolute atomic E-state index is 13.0. The molecule has 3 rings (SSSR count). The van der Waals surface area contributed by atoms with E-state index >= 15 is 0 Å². The Kier molecular flexibility index (Phi) is 6.58. The van der Waals surface area contributed by atoms with Crippen molar-refractivity contribution in [3.8, 4) is 11.8 Å². The zero-order chi connectivity index (χ0) is 22.4. The molecule has 3 aromatic rings. The fourth-order valence-corrected chi connectivity index (χ4v) is 4.04. The Bertz CT molecular complexity index is 1210. The molecule has 158 valence electrons. The van der Waals surface area contributed by atoms with E-state index in [1.165, 1.54) is 29.6 Å². The third kappa shape index (κ3) is 5.21. The molecule has 0 bridgehead atoms. The van der Waals surface area contributed by atoms with Crippen LogP contribution in [0, 0.1) is 18.3 Å². The SMILES string of the molecule is Cc1ccc(N(C)S(=O)(=O)c2cccc(C(=O)Nc3ccc(OCC#N)cc3)c2)cc1. The number of amides is 1. The number of carbonyl (C=O) groups excluding carboxylic acids is 1. The van der Waals surface area contributed by atoms with E-state index in [9.17, 15) is 13.2 Å². The monoisotopic (exact) mass is 435 g/mol. The van der Waals surface area contributed by atoms with E-state index in [-0.39, 0.29) is 17.1 Å². The molecule has 8 heteroatoms. The summed E-state index contributed by atoms with van der Waals surface area (Å²) in [5.74, 6) is 0.0625. The Labute approximate surface area is 181 Å². The fraction of sp³-hybridized carbons (Fsp3) is 0.130. The number of aryl methyl sites for hydroxylation is 1. The number of nitrogens with one attached hydrogen (secondary N) is 1. The summed E-state index contributed by atoms with van der Waals surface area (Å²) in [6, 6.07) is 21.4. The first-order chi connectivity index (χ1) is 14.8. The van der Waals surface area contributed by atoms with Crippen LogP contribution in [0.2, 0.25) is 0 Å². The molecule has 1 N–H and O–H groups in total. The highest BCUT2D eigenvalue weighted by atomic mass is 32.2. The topological polar surface area (TPSA) is 99.5 Å². The number of rotatable bonds is 7. The Morgan fingerprint density at radius 3 is 2.39 bits per heavy atom. The smallest absolute Gasteiger partial charge is 0.264 e. The maximum Gasteiger partial charge on any atom is 0.264 e. The first kappa shape index (κ1) is 21.9. The van der Waals surface area contributed by atoms with Crippen LogP contribution in [0.25, 0.3) is 0 Å². The minimum Gasteiger partial charge on any atom is -0.479 e. The first-order valence-corrected chi connectivity index (χ1v) is 10.8. The zero-order valence-electron chi connectivity index (χ0n) is 17.1. The number of hydrogen-bond donors (Lipinski definition) is 1. The highest BCUT2D eigenvalue weighted by molar-refractivity contribution is 7.92. The number of carbonyl (C=O) groups is 1. The van der Waals surface area contributed by atoms with E-state index in [1.807, 2.05) is 25.1 Å². The van der Waals surface area contributed by atoms with E-state index in [1.54, 1.807) is 42.5 Å². The molecule has 0 unspecified atom stereocenters. The molecule has 0 aromatic heterocycles. The molecule has 0 heterocycles. The van der Waals surface area contributed by atoms with Gasteiger partial charge < -0.3 is 10.1 Å². The summed E-state index contributed by atoms with van der Waals surface area (Å²) in [6.45, 7) is 1.86. The molecule has 7 nitrogen and oxygen atoms in total.